The molecule has 0 amide bonds. The average molecular weight is 303 g/mol. The van der Waals surface area contributed by atoms with Gasteiger partial charge in [0.25, 0.3) is 0 Å². The summed E-state index contributed by atoms with van der Waals surface area (Å²) in [6.07, 6.45) is 1.54. The standard InChI is InChI=1S/C14H13N3O3S/c1-20-11-2-3-12-13(7-11)17-14(16-12)21(19)8-9-6-10(18)4-5-15-9/h2-7H,8H2,1H3,(H,15,18)(H,16,17). The zero-order valence-electron chi connectivity index (χ0n) is 11.3. The molecule has 6 nitrogen and oxygen atoms in total. The van der Waals surface area contributed by atoms with E-state index in [1.165, 1.54) is 12.1 Å². The number of nitrogens with zero attached hydrogens (tertiary/aromatic N) is 1. The van der Waals surface area contributed by atoms with Crippen LogP contribution in [0.2, 0.25) is 0 Å². The van der Waals surface area contributed by atoms with Crippen LogP contribution in [0.4, 0.5) is 0 Å². The highest BCUT2D eigenvalue weighted by Gasteiger charge is 2.11. The second-order valence-electron chi connectivity index (χ2n) is 4.46. The van der Waals surface area contributed by atoms with Crippen LogP contribution < -0.4 is 10.2 Å². The molecule has 0 aliphatic carbocycles. The molecule has 7 heteroatoms. The minimum Gasteiger partial charge on any atom is -0.497 e. The van der Waals surface area contributed by atoms with E-state index in [-0.39, 0.29) is 11.2 Å². The minimum atomic E-state index is -1.36. The minimum absolute atomic E-state index is 0.116. The predicted molar refractivity (Wildman–Crippen MR) is 79.8 cm³/mol. The van der Waals surface area contributed by atoms with E-state index < -0.39 is 10.8 Å². The summed E-state index contributed by atoms with van der Waals surface area (Å²) in [6.45, 7) is 0. The van der Waals surface area contributed by atoms with Crippen molar-refractivity contribution < 1.29 is 8.95 Å². The van der Waals surface area contributed by atoms with Gasteiger partial charge in [-0.2, -0.15) is 0 Å². The van der Waals surface area contributed by atoms with E-state index in [2.05, 4.69) is 15.0 Å². The van der Waals surface area contributed by atoms with Gasteiger partial charge in [0.2, 0.25) is 0 Å². The number of rotatable bonds is 4. The quantitative estimate of drug-likeness (QED) is 0.766. The van der Waals surface area contributed by atoms with E-state index in [0.717, 1.165) is 11.0 Å². The second kappa shape index (κ2) is 5.53. The third-order valence-electron chi connectivity index (χ3n) is 3.00. The highest BCUT2D eigenvalue weighted by atomic mass is 32.2. The van der Waals surface area contributed by atoms with Crippen molar-refractivity contribution in [2.75, 3.05) is 7.11 Å². The van der Waals surface area contributed by atoms with Gasteiger partial charge in [-0.1, -0.05) is 0 Å². The number of hydrogen-bond donors (Lipinski definition) is 2. The monoisotopic (exact) mass is 303 g/mol. The van der Waals surface area contributed by atoms with Crippen LogP contribution in [0.5, 0.6) is 5.75 Å². The lowest BCUT2D eigenvalue weighted by Crippen LogP contribution is -2.05. The highest BCUT2D eigenvalue weighted by molar-refractivity contribution is 7.84. The van der Waals surface area contributed by atoms with Crippen molar-refractivity contribution in [1.82, 2.24) is 15.0 Å². The van der Waals surface area contributed by atoms with Crippen molar-refractivity contribution >= 4 is 21.8 Å². The number of aromatic nitrogens is 3. The lowest BCUT2D eigenvalue weighted by Gasteiger charge is -1.98. The molecule has 0 saturated carbocycles. The maximum absolute atomic E-state index is 12.3. The zero-order valence-corrected chi connectivity index (χ0v) is 12.1. The smallest absolute Gasteiger partial charge is 0.197 e. The zero-order chi connectivity index (χ0) is 14.8. The Hall–Kier alpha value is -2.41. The Morgan fingerprint density at radius 1 is 1.29 bits per heavy atom. The molecule has 0 radical (unpaired) electrons. The van der Waals surface area contributed by atoms with Crippen molar-refractivity contribution in [3.8, 4) is 5.75 Å². The number of fused-ring (bicyclic) bond motifs is 1. The molecule has 2 aromatic heterocycles. The van der Waals surface area contributed by atoms with Gasteiger partial charge in [-0.25, -0.2) is 4.98 Å². The number of imidazole rings is 1. The Morgan fingerprint density at radius 2 is 2.14 bits per heavy atom. The number of aromatic amines is 2. The first-order valence-corrected chi connectivity index (χ1v) is 7.57. The summed E-state index contributed by atoms with van der Waals surface area (Å²) in [4.78, 5) is 21.5. The summed E-state index contributed by atoms with van der Waals surface area (Å²) >= 11 is 0. The van der Waals surface area contributed by atoms with E-state index >= 15 is 0 Å². The third-order valence-corrected chi connectivity index (χ3v) is 4.20. The molecule has 108 valence electrons. The molecule has 0 aliphatic rings. The fourth-order valence-corrected chi connectivity index (χ4v) is 3.00. The van der Waals surface area contributed by atoms with Crippen LogP contribution in [0.15, 0.2) is 46.5 Å². The fourth-order valence-electron chi connectivity index (χ4n) is 1.99. The van der Waals surface area contributed by atoms with Gasteiger partial charge in [-0.15, -0.1) is 0 Å². The molecule has 2 heterocycles. The SMILES string of the molecule is COc1ccc2nc(S(=O)Cc3cc(=O)cc[nH]3)[nH]c2c1. The normalized spacial score (nSPS) is 12.4. The molecule has 3 rings (SSSR count). The Bertz CT molecular complexity index is 869. The fraction of sp³-hybridized carbons (Fsp3) is 0.143. The summed E-state index contributed by atoms with van der Waals surface area (Å²) in [5, 5.41) is 0.378. The molecule has 21 heavy (non-hydrogen) atoms. The van der Waals surface area contributed by atoms with Crippen LogP contribution in [0.25, 0.3) is 11.0 Å². The first-order chi connectivity index (χ1) is 10.2. The van der Waals surface area contributed by atoms with Gasteiger partial charge in [-0.05, 0) is 12.1 Å². The summed E-state index contributed by atoms with van der Waals surface area (Å²) < 4.78 is 17.5. The van der Waals surface area contributed by atoms with Gasteiger partial charge in [0, 0.05) is 30.1 Å². The van der Waals surface area contributed by atoms with E-state index in [0.29, 0.717) is 16.6 Å². The average Bonchev–Trinajstić information content (AvgIpc) is 2.90. The molecular formula is C14H13N3O3S. The topological polar surface area (TPSA) is 87.8 Å². The first-order valence-electron chi connectivity index (χ1n) is 6.25. The highest BCUT2D eigenvalue weighted by Crippen LogP contribution is 2.20. The van der Waals surface area contributed by atoms with Crippen LogP contribution in [-0.2, 0) is 16.6 Å². The molecule has 0 aliphatic heterocycles. The van der Waals surface area contributed by atoms with Crippen LogP contribution in [0.3, 0.4) is 0 Å². The van der Waals surface area contributed by atoms with Crippen molar-refractivity contribution in [2.45, 2.75) is 10.9 Å². The number of methoxy groups -OCH3 is 1. The van der Waals surface area contributed by atoms with Gasteiger partial charge >= 0.3 is 0 Å². The summed E-state index contributed by atoms with van der Waals surface area (Å²) in [7, 11) is 0.224. The molecule has 3 aromatic rings. The maximum atomic E-state index is 12.3. The summed E-state index contributed by atoms with van der Waals surface area (Å²) in [5.74, 6) is 0.906. The lowest BCUT2D eigenvalue weighted by atomic mass is 10.3. The molecule has 0 saturated heterocycles. The Kier molecular flexibility index (Phi) is 3.57. The number of pyridine rings is 1. The molecule has 1 unspecified atom stereocenters. The van der Waals surface area contributed by atoms with E-state index in [4.69, 9.17) is 4.74 Å². The first kappa shape index (κ1) is 13.6. The van der Waals surface area contributed by atoms with E-state index in [1.54, 1.807) is 31.5 Å². The molecule has 0 spiro atoms. The van der Waals surface area contributed by atoms with E-state index in [9.17, 15) is 9.00 Å². The second-order valence-corrected chi connectivity index (χ2v) is 5.83. The largest absolute Gasteiger partial charge is 0.497 e. The third kappa shape index (κ3) is 2.87. The van der Waals surface area contributed by atoms with Crippen molar-refractivity contribution in [1.29, 1.82) is 0 Å². The lowest BCUT2D eigenvalue weighted by molar-refractivity contribution is 0.415. The van der Waals surface area contributed by atoms with Crippen LogP contribution in [0.1, 0.15) is 5.69 Å². The number of H-pyrrole nitrogens is 2. The maximum Gasteiger partial charge on any atom is 0.197 e. The molecule has 0 bridgehead atoms. The Balaban J connectivity index is 1.89. The molecule has 1 atom stereocenters. The summed E-state index contributed by atoms with van der Waals surface area (Å²) in [5.41, 5.74) is 1.98. The molecule has 2 N–H and O–H groups in total. The van der Waals surface area contributed by atoms with Gasteiger partial charge in [0.05, 0.1) is 34.7 Å². The van der Waals surface area contributed by atoms with E-state index in [1.807, 2.05) is 0 Å². The number of benzene rings is 1. The molecule has 1 aromatic carbocycles. The number of ether oxygens (including phenoxy) is 1. The Morgan fingerprint density at radius 3 is 2.90 bits per heavy atom. The van der Waals surface area contributed by atoms with Crippen molar-refractivity contribution in [3.63, 3.8) is 0 Å². The van der Waals surface area contributed by atoms with Crippen molar-refractivity contribution in [2.24, 2.45) is 0 Å². The van der Waals surface area contributed by atoms with Crippen LogP contribution in [0, 0.1) is 0 Å². The van der Waals surface area contributed by atoms with Gasteiger partial charge in [-0.3, -0.25) is 9.00 Å². The van der Waals surface area contributed by atoms with Crippen LogP contribution >= 0.6 is 0 Å². The molecule has 0 fully saturated rings. The van der Waals surface area contributed by atoms with Gasteiger partial charge in [0.15, 0.2) is 10.6 Å². The molecular weight excluding hydrogens is 290 g/mol. The van der Waals surface area contributed by atoms with Gasteiger partial charge < -0.3 is 14.7 Å². The van der Waals surface area contributed by atoms with Gasteiger partial charge in [0.1, 0.15) is 5.75 Å². The predicted octanol–water partition coefficient (Wildman–Crippen LogP) is 1.57. The Labute approximate surface area is 122 Å². The van der Waals surface area contributed by atoms with Crippen molar-refractivity contribution in [3.05, 3.63) is 52.4 Å². The van der Waals surface area contributed by atoms with Crippen LogP contribution in [-0.4, -0.2) is 26.3 Å². The number of hydrogen-bond acceptors (Lipinski definition) is 4. The summed E-state index contributed by atoms with van der Waals surface area (Å²) in [6, 6.07) is 8.25. The number of nitrogens with one attached hydrogen (secondary N) is 2.